The van der Waals surface area contributed by atoms with E-state index in [-0.39, 0.29) is 0 Å². The van der Waals surface area contributed by atoms with E-state index < -0.39 is 0 Å². The molecule has 2 heterocycles. The number of furan rings is 1. The van der Waals surface area contributed by atoms with E-state index in [1.807, 2.05) is 12.1 Å². The number of hydrogen-bond acceptors (Lipinski definition) is 4. The van der Waals surface area contributed by atoms with Crippen molar-refractivity contribution in [1.82, 2.24) is 15.0 Å². The van der Waals surface area contributed by atoms with Crippen molar-refractivity contribution in [3.63, 3.8) is 0 Å². The molecule has 11 heteroatoms. The summed E-state index contributed by atoms with van der Waals surface area (Å²) in [6, 6.07) is 55.2. The number of benzene rings is 8. The van der Waals surface area contributed by atoms with Crippen molar-refractivity contribution in [2.24, 2.45) is 0 Å². The smallest absolute Gasteiger partial charge is 0.164 e. The highest BCUT2D eigenvalue weighted by molar-refractivity contribution is 6.69. The van der Waals surface area contributed by atoms with E-state index in [4.69, 9.17) is 19.4 Å². The maximum Gasteiger partial charge on any atom is 0.164 e. The molecule has 0 unspecified atom stereocenters. The number of nitrogens with zero attached hydrogens (tertiary/aromatic N) is 3. The van der Waals surface area contributed by atoms with Crippen LogP contribution in [0.4, 0.5) is 0 Å². The van der Waals surface area contributed by atoms with Crippen LogP contribution in [0.15, 0.2) is 162 Å². The Morgan fingerprint density at radius 2 is 0.661 bits per heavy atom. The van der Waals surface area contributed by atoms with Crippen LogP contribution >= 0.6 is 0 Å². The molecule has 0 saturated heterocycles. The Labute approximate surface area is 369 Å². The minimum atomic E-state index is 0.599. The second-order valence-corrected chi connectivity index (χ2v) is 16.6. The predicted octanol–water partition coefficient (Wildman–Crippen LogP) is 1.25. The monoisotopic (exact) mass is 787 g/mol. The standard InChI is InChI=1S/C51H40B7N3O/c52-40-37(47-38(41(53)43(40)55)39-42(54)44(56)45(57)46(58)48(39)62-47)35-24-34(29-15-8-3-9-16-29)25-36(26-35)51-60-49(31-21-19-30(20-22-31)27-11-4-1-5-12-27)59-50(61-51)33-18-10-17-32(23-33)28-13-6-2-7-14-28/h1-26H,52-58H2. The van der Waals surface area contributed by atoms with Gasteiger partial charge in [0.05, 0.1) is 0 Å². The molecule has 0 fully saturated rings. The molecule has 4 nitrogen and oxygen atoms in total. The molecule has 0 atom stereocenters. The van der Waals surface area contributed by atoms with Crippen LogP contribution in [-0.2, 0) is 0 Å². The minimum Gasteiger partial charge on any atom is -0.456 e. The summed E-state index contributed by atoms with van der Waals surface area (Å²) in [4.78, 5) is 15.8. The van der Waals surface area contributed by atoms with Crippen LogP contribution in [-0.4, -0.2) is 69.9 Å². The molecule has 0 amide bonds. The van der Waals surface area contributed by atoms with Crippen molar-refractivity contribution < 1.29 is 4.42 Å². The Kier molecular flexibility index (Phi) is 9.99. The number of aromatic nitrogens is 3. The molecule has 0 aliphatic rings. The molecule has 0 N–H and O–H groups in total. The van der Waals surface area contributed by atoms with E-state index >= 15 is 0 Å². The average molecular weight is 787 g/mol. The molecule has 2 aromatic heterocycles. The molecule has 0 radical (unpaired) electrons. The van der Waals surface area contributed by atoms with Gasteiger partial charge in [-0.1, -0.05) is 166 Å². The van der Waals surface area contributed by atoms with Crippen LogP contribution in [0.1, 0.15) is 0 Å². The number of hydrogen-bond donors (Lipinski definition) is 0. The van der Waals surface area contributed by atoms with Gasteiger partial charge in [-0.25, -0.2) is 15.0 Å². The SMILES string of the molecule is Bc1c(B)c(B)c2c(oc3c(-c4cc(-c5ccccc5)cc(-c5nc(-c6ccc(-c7ccccc7)cc6)nc(-c6cccc(-c7ccccc7)c6)n5)c4)c(B)c(B)c(B)c32)c1B. The quantitative estimate of drug-likeness (QED) is 0.229. The lowest BCUT2D eigenvalue weighted by atomic mass is 9.64. The predicted molar refractivity (Wildman–Crippen MR) is 282 cm³/mol. The molecule has 10 aromatic rings. The number of fused-ring (bicyclic) bond motifs is 3. The van der Waals surface area contributed by atoms with Gasteiger partial charge < -0.3 is 4.42 Å². The lowest BCUT2D eigenvalue weighted by Gasteiger charge is -2.17. The van der Waals surface area contributed by atoms with Crippen molar-refractivity contribution in [2.45, 2.75) is 0 Å². The first-order valence-electron chi connectivity index (χ1n) is 21.4. The third-order valence-corrected chi connectivity index (χ3v) is 13.1. The molecule has 0 bridgehead atoms. The van der Waals surface area contributed by atoms with Crippen molar-refractivity contribution in [3.8, 4) is 78.7 Å². The Hall–Kier alpha value is -6.98. The topological polar surface area (TPSA) is 51.8 Å². The Morgan fingerprint density at radius 3 is 1.27 bits per heavy atom. The maximum atomic E-state index is 7.10. The van der Waals surface area contributed by atoms with Gasteiger partial charge in [0.2, 0.25) is 0 Å². The van der Waals surface area contributed by atoms with Crippen LogP contribution < -0.4 is 38.2 Å². The van der Waals surface area contributed by atoms with E-state index in [1.165, 1.54) is 49.0 Å². The summed E-state index contributed by atoms with van der Waals surface area (Å²) in [6.07, 6.45) is 0. The lowest BCUT2D eigenvalue weighted by molar-refractivity contribution is 0.673. The summed E-state index contributed by atoms with van der Waals surface area (Å²) in [5.74, 6) is 1.82. The zero-order chi connectivity index (χ0) is 42.6. The van der Waals surface area contributed by atoms with Crippen molar-refractivity contribution >= 4 is 115 Å². The largest absolute Gasteiger partial charge is 0.456 e. The van der Waals surface area contributed by atoms with Crippen LogP contribution in [0.5, 0.6) is 0 Å². The molecule has 62 heavy (non-hydrogen) atoms. The van der Waals surface area contributed by atoms with Gasteiger partial charge >= 0.3 is 0 Å². The summed E-state index contributed by atoms with van der Waals surface area (Å²) in [5.41, 5.74) is 22.2. The summed E-state index contributed by atoms with van der Waals surface area (Å²) < 4.78 is 7.10. The summed E-state index contributed by atoms with van der Waals surface area (Å²) in [7, 11) is 15.6. The molecule has 8 aromatic carbocycles. The highest BCUT2D eigenvalue weighted by Gasteiger charge is 2.24. The molecule has 0 aliphatic heterocycles. The molecule has 0 saturated carbocycles. The molecule has 0 spiro atoms. The third kappa shape index (κ3) is 6.82. The molecule has 0 aliphatic carbocycles. The Morgan fingerprint density at radius 1 is 0.274 bits per heavy atom. The molecule has 286 valence electrons. The fourth-order valence-corrected chi connectivity index (χ4v) is 9.05. The first kappa shape index (κ1) is 39.2. The molecule has 10 rings (SSSR count). The van der Waals surface area contributed by atoms with Crippen molar-refractivity contribution in [2.75, 3.05) is 0 Å². The first-order valence-corrected chi connectivity index (χ1v) is 21.4. The van der Waals surface area contributed by atoms with E-state index in [0.717, 1.165) is 72.4 Å². The van der Waals surface area contributed by atoms with Crippen LogP contribution in [0, 0.1) is 0 Å². The van der Waals surface area contributed by atoms with Gasteiger partial charge in [0, 0.05) is 33.0 Å². The van der Waals surface area contributed by atoms with Gasteiger partial charge in [-0.3, -0.25) is 0 Å². The summed E-state index contributed by atoms with van der Waals surface area (Å²) in [6.45, 7) is 0. The van der Waals surface area contributed by atoms with Crippen LogP contribution in [0.25, 0.3) is 101 Å². The average Bonchev–Trinajstić information content (AvgIpc) is 3.73. The van der Waals surface area contributed by atoms with Crippen LogP contribution in [0.3, 0.4) is 0 Å². The Bertz CT molecular complexity index is 3360. The zero-order valence-electron chi connectivity index (χ0n) is 36.3. The van der Waals surface area contributed by atoms with Gasteiger partial charge in [-0.05, 0) is 63.2 Å². The van der Waals surface area contributed by atoms with Crippen LogP contribution in [0.2, 0.25) is 0 Å². The molecular formula is C51H40B7N3O. The first-order chi connectivity index (χ1) is 30.1. The second-order valence-electron chi connectivity index (χ2n) is 16.6. The van der Waals surface area contributed by atoms with Crippen molar-refractivity contribution in [1.29, 1.82) is 0 Å². The van der Waals surface area contributed by atoms with Gasteiger partial charge in [-0.2, -0.15) is 0 Å². The molecular weight excluding hydrogens is 746 g/mol. The normalized spacial score (nSPS) is 11.4. The Balaban J connectivity index is 1.23. The summed E-state index contributed by atoms with van der Waals surface area (Å²) in [5, 5.41) is 2.40. The van der Waals surface area contributed by atoms with E-state index in [2.05, 4.69) is 201 Å². The highest BCUT2D eigenvalue weighted by Crippen LogP contribution is 2.37. The van der Waals surface area contributed by atoms with Crippen molar-refractivity contribution in [3.05, 3.63) is 158 Å². The zero-order valence-corrected chi connectivity index (χ0v) is 36.3. The second kappa shape index (κ2) is 15.8. The fourth-order valence-electron chi connectivity index (χ4n) is 9.05. The highest BCUT2D eigenvalue weighted by atomic mass is 16.3. The van der Waals surface area contributed by atoms with E-state index in [0.29, 0.717) is 17.5 Å². The van der Waals surface area contributed by atoms with E-state index in [1.54, 1.807) is 0 Å². The third-order valence-electron chi connectivity index (χ3n) is 13.1. The fraction of sp³-hybridized carbons (Fsp3) is 0. The van der Waals surface area contributed by atoms with Gasteiger partial charge in [0.15, 0.2) is 17.5 Å². The van der Waals surface area contributed by atoms with Gasteiger partial charge in [0.25, 0.3) is 0 Å². The number of rotatable bonds is 7. The summed E-state index contributed by atoms with van der Waals surface area (Å²) >= 11 is 0. The van der Waals surface area contributed by atoms with Gasteiger partial charge in [-0.15, -0.1) is 5.46 Å². The van der Waals surface area contributed by atoms with E-state index in [9.17, 15) is 0 Å². The van der Waals surface area contributed by atoms with Gasteiger partial charge in [0.1, 0.15) is 66.1 Å². The maximum absolute atomic E-state index is 7.10. The lowest BCUT2D eigenvalue weighted by Crippen LogP contribution is -2.47. The minimum absolute atomic E-state index is 0.599.